The van der Waals surface area contributed by atoms with E-state index in [4.69, 9.17) is 4.42 Å². The minimum Gasteiger partial charge on any atom is -0.467 e. The Morgan fingerprint density at radius 1 is 1.44 bits per heavy atom. The van der Waals surface area contributed by atoms with Crippen molar-refractivity contribution >= 4 is 5.82 Å². The molecule has 0 bridgehead atoms. The number of rotatable bonds is 3. The summed E-state index contributed by atoms with van der Waals surface area (Å²) in [5.74, 6) is 1.55. The lowest BCUT2D eigenvalue weighted by atomic mass is 10.1. The Morgan fingerprint density at radius 3 is 2.83 bits per heavy atom. The number of hydrogen-bond acceptors (Lipinski definition) is 4. The van der Waals surface area contributed by atoms with Crippen LogP contribution in [0, 0.1) is 25.2 Å². The van der Waals surface area contributed by atoms with E-state index in [1.807, 2.05) is 44.0 Å². The highest BCUT2D eigenvalue weighted by molar-refractivity contribution is 5.57. The second-order valence-corrected chi connectivity index (χ2v) is 4.33. The summed E-state index contributed by atoms with van der Waals surface area (Å²) < 4.78 is 5.31. The molecule has 2 aromatic heterocycles. The van der Waals surface area contributed by atoms with Gasteiger partial charge in [0.25, 0.3) is 0 Å². The van der Waals surface area contributed by atoms with Crippen LogP contribution in [0.5, 0.6) is 0 Å². The first-order chi connectivity index (χ1) is 8.61. The predicted molar refractivity (Wildman–Crippen MR) is 69.2 cm³/mol. The number of aromatic nitrogens is 1. The second kappa shape index (κ2) is 4.92. The van der Waals surface area contributed by atoms with E-state index in [1.165, 1.54) is 0 Å². The van der Waals surface area contributed by atoms with Gasteiger partial charge >= 0.3 is 0 Å². The molecule has 4 heteroatoms. The molecule has 0 saturated carbocycles. The predicted octanol–water partition coefficient (Wildman–Crippen LogP) is 2.80. The molecule has 0 amide bonds. The Morgan fingerprint density at radius 2 is 2.22 bits per heavy atom. The van der Waals surface area contributed by atoms with E-state index in [2.05, 4.69) is 11.1 Å². The topological polar surface area (TPSA) is 53.1 Å². The van der Waals surface area contributed by atoms with E-state index in [9.17, 15) is 5.26 Å². The van der Waals surface area contributed by atoms with Gasteiger partial charge in [-0.3, -0.25) is 0 Å². The summed E-state index contributed by atoms with van der Waals surface area (Å²) >= 11 is 0. The fourth-order valence-electron chi connectivity index (χ4n) is 1.94. The van der Waals surface area contributed by atoms with Gasteiger partial charge in [-0.15, -0.1) is 0 Å². The van der Waals surface area contributed by atoms with Crippen LogP contribution in [0.2, 0.25) is 0 Å². The largest absolute Gasteiger partial charge is 0.467 e. The van der Waals surface area contributed by atoms with Crippen molar-refractivity contribution in [3.63, 3.8) is 0 Å². The number of aryl methyl sites for hydroxylation is 2. The maximum absolute atomic E-state index is 9.23. The molecule has 0 spiro atoms. The molecule has 0 radical (unpaired) electrons. The summed E-state index contributed by atoms with van der Waals surface area (Å²) in [7, 11) is 1.91. The van der Waals surface area contributed by atoms with E-state index < -0.39 is 0 Å². The summed E-state index contributed by atoms with van der Waals surface area (Å²) in [6.45, 7) is 4.45. The highest BCUT2D eigenvalue weighted by Crippen LogP contribution is 2.22. The van der Waals surface area contributed by atoms with Crippen LogP contribution in [0.25, 0.3) is 0 Å². The zero-order valence-corrected chi connectivity index (χ0v) is 10.8. The summed E-state index contributed by atoms with van der Waals surface area (Å²) in [5, 5.41) is 9.23. The van der Waals surface area contributed by atoms with E-state index in [0.717, 1.165) is 17.0 Å². The van der Waals surface area contributed by atoms with E-state index in [1.54, 1.807) is 6.26 Å². The van der Waals surface area contributed by atoms with Crippen LogP contribution in [-0.2, 0) is 6.54 Å². The van der Waals surface area contributed by atoms with Gasteiger partial charge in [0, 0.05) is 12.7 Å². The summed E-state index contributed by atoms with van der Waals surface area (Å²) in [6, 6.07) is 7.89. The van der Waals surface area contributed by atoms with Gasteiger partial charge in [-0.2, -0.15) is 5.26 Å². The van der Waals surface area contributed by atoms with Crippen molar-refractivity contribution in [1.29, 1.82) is 5.26 Å². The van der Waals surface area contributed by atoms with Gasteiger partial charge in [0.05, 0.1) is 18.4 Å². The van der Waals surface area contributed by atoms with Crippen molar-refractivity contribution in [2.45, 2.75) is 20.4 Å². The van der Waals surface area contributed by atoms with Crippen molar-refractivity contribution in [2.75, 3.05) is 11.9 Å². The average molecular weight is 241 g/mol. The van der Waals surface area contributed by atoms with Gasteiger partial charge in [-0.1, -0.05) is 0 Å². The third kappa shape index (κ3) is 2.35. The van der Waals surface area contributed by atoms with E-state index in [-0.39, 0.29) is 0 Å². The van der Waals surface area contributed by atoms with Crippen LogP contribution in [0.1, 0.15) is 22.6 Å². The smallest absolute Gasteiger partial charge is 0.147 e. The first-order valence-electron chi connectivity index (χ1n) is 5.73. The monoisotopic (exact) mass is 241 g/mol. The molecule has 4 nitrogen and oxygen atoms in total. The number of nitriles is 1. The highest BCUT2D eigenvalue weighted by Gasteiger charge is 2.13. The van der Waals surface area contributed by atoms with Gasteiger partial charge in [-0.25, -0.2) is 4.98 Å². The Hall–Kier alpha value is -2.28. The van der Waals surface area contributed by atoms with Crippen molar-refractivity contribution < 1.29 is 4.42 Å². The molecule has 0 N–H and O–H groups in total. The van der Waals surface area contributed by atoms with Crippen molar-refractivity contribution in [1.82, 2.24) is 4.98 Å². The van der Waals surface area contributed by atoms with Gasteiger partial charge < -0.3 is 9.32 Å². The molecule has 0 aliphatic rings. The molecule has 0 aliphatic carbocycles. The van der Waals surface area contributed by atoms with Gasteiger partial charge in [0.2, 0.25) is 0 Å². The second-order valence-electron chi connectivity index (χ2n) is 4.33. The Labute approximate surface area is 106 Å². The third-order valence-corrected chi connectivity index (χ3v) is 2.77. The molecule has 0 aliphatic heterocycles. The molecule has 0 saturated heterocycles. The standard InChI is InChI=1S/C14H15N3O/c1-10-7-11(2)16-14(13(10)8-15)17(3)9-12-5-4-6-18-12/h4-7H,9H2,1-3H3. The number of pyridine rings is 1. The van der Waals surface area contributed by atoms with Crippen LogP contribution in [0.15, 0.2) is 28.9 Å². The first kappa shape index (κ1) is 12.2. The summed E-state index contributed by atoms with van der Waals surface area (Å²) in [6.07, 6.45) is 1.64. The molecule has 0 unspecified atom stereocenters. The number of furan rings is 1. The molecule has 0 fully saturated rings. The van der Waals surface area contributed by atoms with Crippen LogP contribution < -0.4 is 4.90 Å². The minimum atomic E-state index is 0.595. The van der Waals surface area contributed by atoms with Crippen LogP contribution in [0.4, 0.5) is 5.82 Å². The van der Waals surface area contributed by atoms with Crippen molar-refractivity contribution in [3.05, 3.63) is 47.0 Å². The zero-order chi connectivity index (χ0) is 13.1. The van der Waals surface area contributed by atoms with E-state index >= 15 is 0 Å². The number of nitrogens with zero attached hydrogens (tertiary/aromatic N) is 3. The zero-order valence-electron chi connectivity index (χ0n) is 10.8. The summed E-state index contributed by atoms with van der Waals surface area (Å²) in [5.41, 5.74) is 2.48. The molecule has 2 rings (SSSR count). The normalized spacial score (nSPS) is 10.1. The molecule has 2 heterocycles. The fraction of sp³-hybridized carbons (Fsp3) is 0.286. The molecule has 0 aromatic carbocycles. The van der Waals surface area contributed by atoms with Gasteiger partial charge in [0.15, 0.2) is 0 Å². The molecule has 18 heavy (non-hydrogen) atoms. The van der Waals surface area contributed by atoms with E-state index in [0.29, 0.717) is 17.9 Å². The Bertz CT molecular complexity index is 582. The highest BCUT2D eigenvalue weighted by atomic mass is 16.3. The van der Waals surface area contributed by atoms with Crippen molar-refractivity contribution in [3.8, 4) is 6.07 Å². The molecular formula is C14H15N3O. The average Bonchev–Trinajstić information content (AvgIpc) is 2.80. The lowest BCUT2D eigenvalue weighted by Crippen LogP contribution is -2.19. The first-order valence-corrected chi connectivity index (χ1v) is 5.73. The Balaban J connectivity index is 2.35. The lowest BCUT2D eigenvalue weighted by Gasteiger charge is -2.19. The van der Waals surface area contributed by atoms with Crippen LogP contribution in [0.3, 0.4) is 0 Å². The third-order valence-electron chi connectivity index (χ3n) is 2.77. The maximum atomic E-state index is 9.23. The summed E-state index contributed by atoms with van der Waals surface area (Å²) in [4.78, 5) is 6.37. The molecule has 92 valence electrons. The number of hydrogen-bond donors (Lipinski definition) is 0. The SMILES string of the molecule is Cc1cc(C)c(C#N)c(N(C)Cc2ccco2)n1. The van der Waals surface area contributed by atoms with Crippen LogP contribution in [-0.4, -0.2) is 12.0 Å². The maximum Gasteiger partial charge on any atom is 0.147 e. The fourth-order valence-corrected chi connectivity index (χ4v) is 1.94. The quantitative estimate of drug-likeness (QED) is 0.829. The van der Waals surface area contributed by atoms with Gasteiger partial charge in [-0.05, 0) is 37.6 Å². The Kier molecular flexibility index (Phi) is 3.33. The number of anilines is 1. The molecule has 0 atom stereocenters. The minimum absolute atomic E-state index is 0.595. The van der Waals surface area contributed by atoms with Gasteiger partial charge in [0.1, 0.15) is 17.6 Å². The lowest BCUT2D eigenvalue weighted by molar-refractivity contribution is 0.507. The van der Waals surface area contributed by atoms with Crippen LogP contribution >= 0.6 is 0 Å². The van der Waals surface area contributed by atoms with Crippen molar-refractivity contribution in [2.24, 2.45) is 0 Å². The molecule has 2 aromatic rings. The molecular weight excluding hydrogens is 226 g/mol.